The van der Waals surface area contributed by atoms with Crippen molar-refractivity contribution in [3.05, 3.63) is 130 Å². The fourth-order valence-corrected chi connectivity index (χ4v) is 19.8. The first-order valence-corrected chi connectivity index (χ1v) is 47.1. The number of fused-ring (bicyclic) bond motifs is 10. The summed E-state index contributed by atoms with van der Waals surface area (Å²) in [4.78, 5) is 151. The maximum Gasteiger partial charge on any atom is 0.407 e. The van der Waals surface area contributed by atoms with Gasteiger partial charge in [-0.05, 0) is 155 Å². The number of allylic oxidation sites excluding steroid dienone is 4. The van der Waals surface area contributed by atoms with Crippen LogP contribution in [0.4, 0.5) is 29.7 Å². The highest BCUT2D eigenvalue weighted by atomic mass is 19.1. The number of aliphatic hydroxyl groups excluding tert-OH is 5. The molecule has 40 heteroatoms. The third kappa shape index (κ3) is 25.1. The Morgan fingerprint density at radius 1 is 0.699 bits per heavy atom. The Morgan fingerprint density at radius 3 is 2.11 bits per heavy atom. The van der Waals surface area contributed by atoms with Crippen molar-refractivity contribution in [1.29, 1.82) is 0 Å². The van der Waals surface area contributed by atoms with Crippen molar-refractivity contribution in [3.8, 4) is 11.8 Å². The van der Waals surface area contributed by atoms with Crippen molar-refractivity contribution in [2.75, 3.05) is 102 Å². The van der Waals surface area contributed by atoms with Crippen LogP contribution >= 0.6 is 0 Å². The highest BCUT2D eigenvalue weighted by molar-refractivity contribution is 6.02. The van der Waals surface area contributed by atoms with E-state index in [-0.39, 0.29) is 166 Å². The molecule has 3 aromatic carbocycles. The van der Waals surface area contributed by atoms with Gasteiger partial charge in [0.1, 0.15) is 73.7 Å². The van der Waals surface area contributed by atoms with Crippen molar-refractivity contribution in [1.82, 2.24) is 52.2 Å². The normalized spacial score (nSPS) is 26.9. The van der Waals surface area contributed by atoms with Crippen LogP contribution in [0.15, 0.2) is 96.6 Å². The molecule has 2 saturated heterocycles. The largest absolute Gasteiger partial charge is 0.445 e. The van der Waals surface area contributed by atoms with E-state index in [1.807, 2.05) is 55.5 Å². The van der Waals surface area contributed by atoms with Crippen LogP contribution in [-0.4, -0.2) is 276 Å². The fourth-order valence-electron chi connectivity index (χ4n) is 19.8. The Morgan fingerprint density at radius 2 is 1.38 bits per heavy atom. The molecule has 8 aliphatic rings. The predicted molar refractivity (Wildman–Crippen MR) is 484 cm³/mol. The van der Waals surface area contributed by atoms with Gasteiger partial charge in [0.05, 0.1) is 96.1 Å². The zero-order valence-corrected chi connectivity index (χ0v) is 77.5. The number of urea groups is 1. The number of nitrogens with one attached hydrogen (secondary N) is 8. The van der Waals surface area contributed by atoms with Gasteiger partial charge in [0, 0.05) is 72.5 Å². The summed E-state index contributed by atoms with van der Waals surface area (Å²) >= 11 is 0. The number of anilines is 2. The van der Waals surface area contributed by atoms with Gasteiger partial charge >= 0.3 is 12.1 Å². The molecule has 19 atom stereocenters. The van der Waals surface area contributed by atoms with Crippen LogP contribution in [0.25, 0.3) is 0 Å². The van der Waals surface area contributed by atoms with E-state index in [0.29, 0.717) is 67.7 Å². The number of nitrogens with zero attached hydrogens (tertiary/aromatic N) is 4. The monoisotopic (exact) mass is 1900 g/mol. The molecule has 742 valence electrons. The number of halogens is 2. The summed E-state index contributed by atoms with van der Waals surface area (Å²) < 4.78 is 88.8. The lowest BCUT2D eigenvalue weighted by Gasteiger charge is -2.63. The van der Waals surface area contributed by atoms with Gasteiger partial charge in [0.2, 0.25) is 41.4 Å². The van der Waals surface area contributed by atoms with Gasteiger partial charge < -0.3 is 121 Å². The highest BCUT2D eigenvalue weighted by Crippen LogP contribution is 2.72. The third-order valence-corrected chi connectivity index (χ3v) is 27.0. The summed E-state index contributed by atoms with van der Waals surface area (Å²) in [5.74, 6) is -0.992. The van der Waals surface area contributed by atoms with Crippen LogP contribution in [-0.2, 0) is 105 Å². The number of ether oxygens (including phenoxy) is 9. The summed E-state index contributed by atoms with van der Waals surface area (Å²) in [5.41, 5.74) is 2.89. The molecule has 0 bridgehead atoms. The minimum Gasteiger partial charge on any atom is -0.445 e. The van der Waals surface area contributed by atoms with Crippen molar-refractivity contribution in [3.63, 3.8) is 0 Å². The Balaban J connectivity index is 0.601. The predicted octanol–water partition coefficient (Wildman–Crippen LogP) is 4.21. The average molecular weight is 1900 g/mol. The summed E-state index contributed by atoms with van der Waals surface area (Å²) in [5, 5.41) is 84.0. The number of alkyl halides is 2. The van der Waals surface area contributed by atoms with Crippen molar-refractivity contribution in [2.24, 2.45) is 34.3 Å². The van der Waals surface area contributed by atoms with Gasteiger partial charge in [-0.1, -0.05) is 113 Å². The molecule has 5 fully saturated rings. The minimum atomic E-state index is -2.42. The first kappa shape index (κ1) is 104. The molecule has 4 heterocycles. The number of aromatic nitrogens is 3. The molecule has 1 aromatic heterocycles. The Hall–Kier alpha value is -10.7. The van der Waals surface area contributed by atoms with Gasteiger partial charge in [0.15, 0.2) is 35.4 Å². The number of amides is 10. The molecule has 0 radical (unpaired) electrons. The van der Waals surface area contributed by atoms with Gasteiger partial charge in [0.25, 0.3) is 0 Å². The van der Waals surface area contributed by atoms with Crippen LogP contribution in [0.5, 0.6) is 0 Å². The number of para-hydroxylation sites is 1. The van der Waals surface area contributed by atoms with E-state index in [1.165, 1.54) is 35.9 Å². The number of carbonyl (C=O) groups is 11. The Labute approximate surface area is 787 Å². The van der Waals surface area contributed by atoms with Crippen molar-refractivity contribution < 1.29 is 130 Å². The van der Waals surface area contributed by atoms with E-state index in [0.717, 1.165) is 35.6 Å². The smallest absolute Gasteiger partial charge is 0.407 e. The van der Waals surface area contributed by atoms with Crippen molar-refractivity contribution >= 4 is 76.4 Å². The molecule has 0 spiro atoms. The number of benzene rings is 3. The minimum absolute atomic E-state index is 0.000905. The molecule has 10 amide bonds. The van der Waals surface area contributed by atoms with E-state index in [9.17, 15) is 78.3 Å². The number of nitrogens with two attached hydrogens (primary N) is 1. The number of hydrogen-bond donors (Lipinski definition) is 14. The van der Waals surface area contributed by atoms with Gasteiger partial charge in [-0.2, -0.15) is 0 Å². The number of aliphatic hydroxyl groups is 5. The molecule has 5 aliphatic carbocycles. The lowest BCUT2D eigenvalue weighted by atomic mass is 9.44. The van der Waals surface area contributed by atoms with E-state index < -0.39 is 192 Å². The van der Waals surface area contributed by atoms with Gasteiger partial charge in [-0.15, -0.1) is 5.10 Å². The zero-order valence-electron chi connectivity index (χ0n) is 77.5. The van der Waals surface area contributed by atoms with Gasteiger partial charge in [-0.25, -0.2) is 23.1 Å². The first-order chi connectivity index (χ1) is 65.3. The van der Waals surface area contributed by atoms with Crippen LogP contribution in [0.2, 0.25) is 0 Å². The lowest BCUT2D eigenvalue weighted by Crippen LogP contribution is -2.71. The lowest BCUT2D eigenvalue weighted by molar-refractivity contribution is -0.254. The second-order valence-corrected chi connectivity index (χ2v) is 36.5. The molecule has 2 unspecified atom stereocenters. The number of Topliss-reactive ketones (excluding diaryl/α,β-unsaturated/α-hetero) is 1. The number of alkyl carbamates (subject to hydrolysis) is 1. The molecule has 136 heavy (non-hydrogen) atoms. The quantitative estimate of drug-likeness (QED) is 0.0217. The Bertz CT molecular complexity index is 4980. The fraction of sp³-hybridized carbons (Fsp3) is 0.615. The number of primary amides is 1. The summed E-state index contributed by atoms with van der Waals surface area (Å²) in [6.45, 7) is 8.45. The standard InChI is InChI=1S/C96H129F2N13O25/c1-6-17-81-135-76-50-64-65-49-67(97)66-48-63(113)34-36-93(66,4)95(65,98)74(114)51-94(64,5)96(76,136-81)75(115)52-103-92(127)133-55-58-26-30-62(31-27-58)104-87(123)69(22-16-38-102-91(99)126)106-89(125)82(57(2)3)107-88(124)68(21-14-15-37-100-79(118)56-132-72-25-9-7-8-24-71-83(72)108-109-111(71)90-86(122)85(121)84(120)73(54-112)134-90)105-78(117)35-40-128-42-44-130-46-47-131-45-43-129-41-39-101-77(116)32-33-80(119)110-53-61-20-11-10-18-59(61)28-29-60-19-12-13-23-70(60)110/h10-13,18-20,23,26-27,30-31,34,36,48,57,64-65,67-69,72-74,76,81-82,84-86,90,112,114,120-122H,6-9,14-17,21-22,24-25,32-33,35,37-47,49-56H2,1-5H3,(H,100,118)(H,101,116)(H,103,127)(H,104,123)(H,105,117)(H,106,125)(H,107,124)(H3,99,102,126)/t64-,65-,67-,68+,69-,72?,73+,74-,76+,81?,82-,84-,85-,86+,90+,93-,94-,95-,96+/m0/s1. The molecule has 3 aliphatic heterocycles. The number of hydrogen-bond acceptors (Lipinski definition) is 27. The summed E-state index contributed by atoms with van der Waals surface area (Å²) in [6, 6.07) is 16.5. The van der Waals surface area contributed by atoms with Crippen molar-refractivity contribution in [2.45, 2.75) is 254 Å². The van der Waals surface area contributed by atoms with Crippen LogP contribution in [0, 0.1) is 40.4 Å². The second kappa shape index (κ2) is 48.6. The SMILES string of the molecule is CCCC1O[C@@H]2C[C@H]3[C@@H]4C[C@H](F)C5=CC(=O)C=C[C@]5(C)[C@@]4(F)[C@@H](O)C[C@]3(C)[C@]2(C(=O)CNC(=O)OCc2ccc(NC(=O)[C@H](CCCNC(N)=O)NC(=O)[C@@H](NC(=O)[C@@H](CCCCNC(=O)COC3CCCCCc4c3nnn4[C@@H]3O[C@H](CO)[C@H](O)[C@H](O)[C@H]3O)NC(=O)CCOCCOCCOCCOCCNC(=O)CCC(=O)N3Cc4ccccc4C#Cc4ccccc43)C(C)C)cc2)O1. The topological polar surface area (TPSA) is 528 Å². The third-order valence-electron chi connectivity index (χ3n) is 27.0. The summed E-state index contributed by atoms with van der Waals surface area (Å²) in [6.07, 6.45) is -6.62. The maximum absolute atomic E-state index is 18.1. The number of carbonyl (C=O) groups excluding carboxylic acids is 11. The van der Waals surface area contributed by atoms with Crippen LogP contribution in [0.3, 0.4) is 0 Å². The van der Waals surface area contributed by atoms with E-state index in [2.05, 4.69) is 64.7 Å². The van der Waals surface area contributed by atoms with Crippen LogP contribution < -0.4 is 53.2 Å². The molecule has 12 rings (SSSR count). The van der Waals surface area contributed by atoms with E-state index >= 15 is 8.78 Å². The number of ketones is 2. The molecular weight excluding hydrogens is 1770 g/mol. The Kier molecular flexibility index (Phi) is 37.2. The first-order valence-electron chi connectivity index (χ1n) is 47.1. The highest BCUT2D eigenvalue weighted by Gasteiger charge is 2.80. The molecule has 3 saturated carbocycles. The van der Waals surface area contributed by atoms with E-state index in [4.69, 9.17) is 48.4 Å². The van der Waals surface area contributed by atoms with Crippen LogP contribution in [0.1, 0.15) is 190 Å². The maximum atomic E-state index is 18.1. The average Bonchev–Trinajstić information content (AvgIpc) is 1.46. The molecule has 4 aromatic rings. The van der Waals surface area contributed by atoms with E-state index in [1.54, 1.807) is 37.8 Å². The zero-order chi connectivity index (χ0) is 97.4. The summed E-state index contributed by atoms with van der Waals surface area (Å²) in [7, 11) is 0. The van der Waals surface area contributed by atoms with Gasteiger partial charge in [-0.3, -0.25) is 43.2 Å². The molecule has 38 nitrogen and oxygen atoms in total. The molecular formula is C96H129F2N13O25. The number of rotatable bonds is 47. The molecule has 15 N–H and O–H groups in total. The second-order valence-electron chi connectivity index (χ2n) is 36.5. The number of unbranched alkanes of at least 4 members (excludes halogenated alkanes) is 1.